The third kappa shape index (κ3) is 6.24. The summed E-state index contributed by atoms with van der Waals surface area (Å²) in [5.41, 5.74) is 6.45. The summed E-state index contributed by atoms with van der Waals surface area (Å²) >= 11 is 1.67. The first kappa shape index (κ1) is 30.2. The zero-order valence-corrected chi connectivity index (χ0v) is 26.6. The van der Waals surface area contributed by atoms with E-state index in [0.717, 1.165) is 49.9 Å². The first-order valence-corrected chi connectivity index (χ1v) is 14.9. The van der Waals surface area contributed by atoms with Gasteiger partial charge in [0.2, 0.25) is 0 Å². The van der Waals surface area contributed by atoms with Crippen LogP contribution in [0.25, 0.3) is 16.1 Å². The molecule has 4 aromatic rings. The molecule has 10 heteroatoms. The molecular formula is C33H36N4O5S. The molecule has 0 unspecified atom stereocenters. The number of ether oxygens (including phenoxy) is 3. The van der Waals surface area contributed by atoms with E-state index in [1.807, 2.05) is 57.4 Å². The van der Waals surface area contributed by atoms with Crippen molar-refractivity contribution < 1.29 is 23.8 Å². The van der Waals surface area contributed by atoms with E-state index < -0.39 is 17.6 Å². The largest absolute Gasteiger partial charge is 0.482 e. The molecule has 0 amide bonds. The Labute approximate surface area is 255 Å². The normalized spacial score (nSPS) is 14.3. The van der Waals surface area contributed by atoms with E-state index in [2.05, 4.69) is 48.3 Å². The van der Waals surface area contributed by atoms with Crippen LogP contribution in [-0.4, -0.2) is 51.7 Å². The summed E-state index contributed by atoms with van der Waals surface area (Å²) in [7, 11) is 1.38. The molecule has 2 aromatic heterocycles. The molecule has 0 saturated carbocycles. The van der Waals surface area contributed by atoms with Crippen LogP contribution < -0.4 is 4.74 Å². The van der Waals surface area contributed by atoms with Gasteiger partial charge in [0.1, 0.15) is 28.2 Å². The SMILES string of the molecule is COC(=O)C[C@@H]1N=C(c2ccc(-c3ccc(OCC(=O)OC(C)(C)C)cc3C)cc2)c2c(sc(C)c2C)-n2c(C)nnc21. The lowest BCUT2D eigenvalue weighted by molar-refractivity contribution is -0.157. The van der Waals surface area contributed by atoms with Crippen molar-refractivity contribution in [3.8, 4) is 21.9 Å². The molecule has 224 valence electrons. The third-order valence-electron chi connectivity index (χ3n) is 7.27. The third-order valence-corrected chi connectivity index (χ3v) is 8.46. The Hall–Kier alpha value is -4.31. The van der Waals surface area contributed by atoms with Crippen LogP contribution in [0.4, 0.5) is 0 Å². The predicted octanol–water partition coefficient (Wildman–Crippen LogP) is 6.41. The average Bonchev–Trinajstić information content (AvgIpc) is 3.43. The average molecular weight is 601 g/mol. The molecule has 0 radical (unpaired) electrons. The Morgan fingerprint density at radius 1 is 0.953 bits per heavy atom. The van der Waals surface area contributed by atoms with Gasteiger partial charge in [-0.15, -0.1) is 21.5 Å². The molecule has 0 saturated heterocycles. The lowest BCUT2D eigenvalue weighted by Gasteiger charge is -2.19. The van der Waals surface area contributed by atoms with Gasteiger partial charge in [-0.05, 0) is 82.9 Å². The zero-order chi connectivity index (χ0) is 31.1. The summed E-state index contributed by atoms with van der Waals surface area (Å²) in [6.45, 7) is 13.5. The number of fused-ring (bicyclic) bond motifs is 3. The Morgan fingerprint density at radius 3 is 2.30 bits per heavy atom. The molecule has 9 nitrogen and oxygen atoms in total. The van der Waals surface area contributed by atoms with Gasteiger partial charge in [-0.3, -0.25) is 14.4 Å². The van der Waals surface area contributed by atoms with E-state index in [4.69, 9.17) is 19.2 Å². The summed E-state index contributed by atoms with van der Waals surface area (Å²) in [5.74, 6) is 1.21. The van der Waals surface area contributed by atoms with E-state index >= 15 is 0 Å². The first-order chi connectivity index (χ1) is 20.4. The van der Waals surface area contributed by atoms with Gasteiger partial charge in [0.25, 0.3) is 0 Å². The van der Waals surface area contributed by atoms with Gasteiger partial charge in [-0.1, -0.05) is 30.3 Å². The van der Waals surface area contributed by atoms with E-state index in [1.165, 1.54) is 12.0 Å². The van der Waals surface area contributed by atoms with Gasteiger partial charge in [0.05, 0.1) is 19.2 Å². The van der Waals surface area contributed by atoms with E-state index in [1.54, 1.807) is 11.3 Å². The van der Waals surface area contributed by atoms with Crippen molar-refractivity contribution in [3.63, 3.8) is 0 Å². The van der Waals surface area contributed by atoms with Crippen LogP contribution in [0.15, 0.2) is 47.5 Å². The van der Waals surface area contributed by atoms with Crippen molar-refractivity contribution >= 4 is 29.0 Å². The molecule has 0 aliphatic carbocycles. The molecule has 0 fully saturated rings. The second kappa shape index (κ2) is 11.8. The fourth-order valence-electron chi connectivity index (χ4n) is 5.14. The number of rotatable bonds is 7. The summed E-state index contributed by atoms with van der Waals surface area (Å²) in [6, 6.07) is 13.5. The molecule has 1 atom stereocenters. The summed E-state index contributed by atoms with van der Waals surface area (Å²) in [4.78, 5) is 30.8. The lowest BCUT2D eigenvalue weighted by atomic mass is 9.95. The maximum atomic E-state index is 12.4. The number of hydrogen-bond acceptors (Lipinski definition) is 9. The number of carbonyl (C=O) groups excluding carboxylic acids is 2. The molecular weight excluding hydrogens is 564 g/mol. The number of aryl methyl sites for hydroxylation is 3. The summed E-state index contributed by atoms with van der Waals surface area (Å²) in [6.07, 6.45) is 0.0602. The second-order valence-corrected chi connectivity index (χ2v) is 12.8. The lowest BCUT2D eigenvalue weighted by Crippen LogP contribution is -2.27. The van der Waals surface area contributed by atoms with Crippen LogP contribution in [0.2, 0.25) is 0 Å². The highest BCUT2D eigenvalue weighted by atomic mass is 32.1. The Balaban J connectivity index is 1.47. The van der Waals surface area contributed by atoms with E-state index in [-0.39, 0.29) is 19.0 Å². The number of methoxy groups -OCH3 is 1. The van der Waals surface area contributed by atoms with E-state index in [0.29, 0.717) is 11.6 Å². The van der Waals surface area contributed by atoms with Crippen molar-refractivity contribution in [2.45, 2.75) is 66.5 Å². The van der Waals surface area contributed by atoms with Crippen molar-refractivity contribution in [2.24, 2.45) is 4.99 Å². The van der Waals surface area contributed by atoms with Gasteiger partial charge in [-0.25, -0.2) is 4.79 Å². The van der Waals surface area contributed by atoms with Crippen LogP contribution in [-0.2, 0) is 19.1 Å². The minimum absolute atomic E-state index is 0.0602. The molecule has 1 aliphatic heterocycles. The fraction of sp³-hybridized carbons (Fsp3) is 0.364. The van der Waals surface area contributed by atoms with Crippen molar-refractivity contribution in [2.75, 3.05) is 13.7 Å². The summed E-state index contributed by atoms with van der Waals surface area (Å²) in [5, 5.41) is 9.75. The quantitative estimate of drug-likeness (QED) is 0.226. The minimum Gasteiger partial charge on any atom is -0.482 e. The number of nitrogens with zero attached hydrogens (tertiary/aromatic N) is 4. The number of benzene rings is 2. The molecule has 0 bridgehead atoms. The Bertz CT molecular complexity index is 1730. The van der Waals surface area contributed by atoms with Gasteiger partial charge >= 0.3 is 11.9 Å². The molecule has 0 N–H and O–H groups in total. The number of hydrogen-bond donors (Lipinski definition) is 0. The maximum Gasteiger partial charge on any atom is 0.344 e. The van der Waals surface area contributed by atoms with Crippen molar-refractivity contribution in [3.05, 3.63) is 81.2 Å². The van der Waals surface area contributed by atoms with Gasteiger partial charge < -0.3 is 14.2 Å². The van der Waals surface area contributed by atoms with Gasteiger partial charge in [0.15, 0.2) is 12.4 Å². The van der Waals surface area contributed by atoms with Crippen LogP contribution in [0.1, 0.15) is 72.0 Å². The highest BCUT2D eigenvalue weighted by molar-refractivity contribution is 7.15. The van der Waals surface area contributed by atoms with Crippen LogP contribution in [0.5, 0.6) is 5.75 Å². The highest BCUT2D eigenvalue weighted by Crippen LogP contribution is 2.40. The van der Waals surface area contributed by atoms with E-state index in [9.17, 15) is 9.59 Å². The molecule has 43 heavy (non-hydrogen) atoms. The summed E-state index contributed by atoms with van der Waals surface area (Å²) < 4.78 is 18.0. The molecule has 0 spiro atoms. The first-order valence-electron chi connectivity index (χ1n) is 14.1. The fourth-order valence-corrected chi connectivity index (χ4v) is 6.35. The molecule has 2 aromatic carbocycles. The number of aromatic nitrogens is 3. The monoisotopic (exact) mass is 600 g/mol. The molecule has 5 rings (SSSR count). The number of aliphatic imine (C=N–C) groups is 1. The standard InChI is InChI=1S/C33H36N4O5S/c1-18-15-24(41-17-28(39)42-33(5,6)7)13-14-25(18)22-9-11-23(12-10-22)30-29-19(2)20(3)43-32(29)37-21(4)35-36-31(37)26(34-30)16-27(38)40-8/h9-15,26H,16-17H2,1-8H3/t26-/m0/s1. The van der Waals surface area contributed by atoms with Crippen LogP contribution in [0, 0.1) is 27.7 Å². The Morgan fingerprint density at radius 2 is 1.65 bits per heavy atom. The van der Waals surface area contributed by atoms with Crippen molar-refractivity contribution in [1.82, 2.24) is 14.8 Å². The van der Waals surface area contributed by atoms with Crippen molar-refractivity contribution in [1.29, 1.82) is 0 Å². The molecule has 1 aliphatic rings. The van der Waals surface area contributed by atoms with Gasteiger partial charge in [0, 0.05) is 16.0 Å². The van der Waals surface area contributed by atoms with Gasteiger partial charge in [-0.2, -0.15) is 0 Å². The minimum atomic E-state index is -0.558. The maximum absolute atomic E-state index is 12.4. The highest BCUT2D eigenvalue weighted by Gasteiger charge is 2.32. The second-order valence-electron chi connectivity index (χ2n) is 11.6. The molecule has 3 heterocycles. The zero-order valence-electron chi connectivity index (χ0n) is 25.8. The number of thiophene rings is 1. The smallest absolute Gasteiger partial charge is 0.344 e. The van der Waals surface area contributed by atoms with Crippen LogP contribution in [0.3, 0.4) is 0 Å². The topological polar surface area (TPSA) is 105 Å². The number of esters is 2. The number of carbonyl (C=O) groups is 2. The Kier molecular flexibility index (Phi) is 8.25. The predicted molar refractivity (Wildman–Crippen MR) is 166 cm³/mol. The van der Waals surface area contributed by atoms with Crippen LogP contribution >= 0.6 is 11.3 Å².